The van der Waals surface area contributed by atoms with Crippen molar-refractivity contribution in [3.63, 3.8) is 0 Å². The Kier molecular flexibility index (Phi) is 5.72. The topological polar surface area (TPSA) is 66.5 Å². The summed E-state index contributed by atoms with van der Waals surface area (Å²) in [7, 11) is -1.62. The zero-order valence-electron chi connectivity index (χ0n) is 9.76. The Balaban J connectivity index is 0.00000225. The molecule has 1 aliphatic heterocycles. The molecule has 1 amide bonds. The molecule has 0 aromatic rings. The van der Waals surface area contributed by atoms with Crippen LogP contribution in [0.5, 0.6) is 0 Å². The lowest BCUT2D eigenvalue weighted by Crippen LogP contribution is -2.45. The Morgan fingerprint density at radius 1 is 1.50 bits per heavy atom. The van der Waals surface area contributed by atoms with E-state index in [1.807, 2.05) is 0 Å². The number of amides is 1. The van der Waals surface area contributed by atoms with Crippen LogP contribution in [-0.4, -0.2) is 56.9 Å². The van der Waals surface area contributed by atoms with Crippen molar-refractivity contribution in [1.82, 2.24) is 10.2 Å². The lowest BCUT2D eigenvalue weighted by atomic mass is 10.2. The number of nitrogens with zero attached hydrogens (tertiary/aromatic N) is 1. The second-order valence-corrected chi connectivity index (χ2v) is 6.43. The predicted octanol–water partition coefficient (Wildman–Crippen LogP) is -0.338. The van der Waals surface area contributed by atoms with Gasteiger partial charge in [0.1, 0.15) is 5.25 Å². The summed E-state index contributed by atoms with van der Waals surface area (Å²) in [4.78, 5) is 13.3. The molecule has 0 aliphatic carbocycles. The molecule has 0 bridgehead atoms. The first-order valence-corrected chi connectivity index (χ1v) is 6.95. The average Bonchev–Trinajstić information content (AvgIpc) is 2.65. The van der Waals surface area contributed by atoms with Crippen molar-refractivity contribution >= 4 is 28.2 Å². The first-order chi connectivity index (χ1) is 6.84. The summed E-state index contributed by atoms with van der Waals surface area (Å²) >= 11 is 0. The molecule has 5 nitrogen and oxygen atoms in total. The van der Waals surface area contributed by atoms with Gasteiger partial charge >= 0.3 is 0 Å². The van der Waals surface area contributed by atoms with Gasteiger partial charge in [0.15, 0.2) is 9.84 Å². The van der Waals surface area contributed by atoms with Gasteiger partial charge in [-0.3, -0.25) is 4.79 Å². The number of rotatable bonds is 3. The van der Waals surface area contributed by atoms with Gasteiger partial charge in [-0.25, -0.2) is 8.42 Å². The fourth-order valence-corrected chi connectivity index (χ4v) is 2.15. The van der Waals surface area contributed by atoms with E-state index < -0.39 is 15.1 Å². The van der Waals surface area contributed by atoms with E-state index in [1.54, 1.807) is 11.9 Å². The number of likely N-dealkylation sites (N-methyl/N-ethyl adjacent to an activating group) is 1. The Labute approximate surface area is 103 Å². The third-order valence-electron chi connectivity index (χ3n) is 2.92. The molecule has 1 saturated heterocycles. The van der Waals surface area contributed by atoms with Gasteiger partial charge in [-0.2, -0.15) is 0 Å². The third kappa shape index (κ3) is 3.61. The van der Waals surface area contributed by atoms with Gasteiger partial charge in [0, 0.05) is 25.9 Å². The second-order valence-electron chi connectivity index (χ2n) is 4.07. The molecule has 1 heterocycles. The van der Waals surface area contributed by atoms with Crippen LogP contribution in [0, 0.1) is 0 Å². The molecular weight excluding hydrogens is 252 g/mol. The predicted molar refractivity (Wildman–Crippen MR) is 65.6 cm³/mol. The summed E-state index contributed by atoms with van der Waals surface area (Å²) in [5.41, 5.74) is 0. The quantitative estimate of drug-likeness (QED) is 0.762. The van der Waals surface area contributed by atoms with Gasteiger partial charge in [0.05, 0.1) is 0 Å². The Morgan fingerprint density at radius 3 is 2.44 bits per heavy atom. The highest BCUT2D eigenvalue weighted by Gasteiger charge is 2.31. The van der Waals surface area contributed by atoms with Crippen molar-refractivity contribution in [2.75, 3.05) is 26.4 Å². The van der Waals surface area contributed by atoms with Crippen LogP contribution in [0.2, 0.25) is 0 Å². The fraction of sp³-hybridized carbons (Fsp3) is 0.889. The molecule has 96 valence electrons. The smallest absolute Gasteiger partial charge is 0.240 e. The zero-order valence-corrected chi connectivity index (χ0v) is 11.4. The summed E-state index contributed by atoms with van der Waals surface area (Å²) < 4.78 is 22.5. The van der Waals surface area contributed by atoms with Crippen molar-refractivity contribution < 1.29 is 13.2 Å². The number of carbonyl (C=O) groups excluding carboxylic acids is 1. The summed E-state index contributed by atoms with van der Waals surface area (Å²) in [6.45, 7) is 3.07. The molecule has 0 saturated carbocycles. The highest BCUT2D eigenvalue weighted by atomic mass is 35.5. The van der Waals surface area contributed by atoms with Crippen molar-refractivity contribution in [3.8, 4) is 0 Å². The monoisotopic (exact) mass is 270 g/mol. The van der Waals surface area contributed by atoms with Crippen LogP contribution >= 0.6 is 12.4 Å². The maximum Gasteiger partial charge on any atom is 0.240 e. The van der Waals surface area contributed by atoms with Crippen molar-refractivity contribution in [2.24, 2.45) is 0 Å². The first-order valence-electron chi connectivity index (χ1n) is 5.00. The lowest BCUT2D eigenvalue weighted by Gasteiger charge is -2.26. The Morgan fingerprint density at radius 2 is 2.06 bits per heavy atom. The molecule has 1 aliphatic rings. The van der Waals surface area contributed by atoms with Gasteiger partial charge < -0.3 is 10.2 Å². The van der Waals surface area contributed by atoms with Crippen molar-refractivity contribution in [1.29, 1.82) is 0 Å². The molecule has 1 rings (SSSR count). The van der Waals surface area contributed by atoms with Crippen molar-refractivity contribution in [2.45, 2.75) is 24.6 Å². The average molecular weight is 271 g/mol. The van der Waals surface area contributed by atoms with E-state index in [0.29, 0.717) is 0 Å². The minimum atomic E-state index is -3.29. The summed E-state index contributed by atoms with van der Waals surface area (Å²) in [5.74, 6) is -0.314. The van der Waals surface area contributed by atoms with E-state index in [0.717, 1.165) is 25.8 Å². The Hall–Kier alpha value is -0.330. The minimum absolute atomic E-state index is 0. The molecule has 0 radical (unpaired) electrons. The summed E-state index contributed by atoms with van der Waals surface area (Å²) in [6, 6.07) is 0.127. The van der Waals surface area contributed by atoms with Crippen LogP contribution in [0.4, 0.5) is 0 Å². The van der Waals surface area contributed by atoms with E-state index in [2.05, 4.69) is 5.32 Å². The molecule has 0 spiro atoms. The van der Waals surface area contributed by atoms with Crippen LogP contribution in [-0.2, 0) is 14.6 Å². The lowest BCUT2D eigenvalue weighted by molar-refractivity contribution is -0.130. The molecule has 1 N–H and O–H groups in total. The number of hydrogen-bond acceptors (Lipinski definition) is 4. The molecular formula is C9H19ClN2O3S. The number of sulfone groups is 1. The fourth-order valence-electron chi connectivity index (χ4n) is 1.62. The number of hydrogen-bond donors (Lipinski definition) is 1. The number of halogens is 1. The van der Waals surface area contributed by atoms with Gasteiger partial charge in [0.25, 0.3) is 0 Å². The summed E-state index contributed by atoms with van der Waals surface area (Å²) in [6.07, 6.45) is 1.98. The summed E-state index contributed by atoms with van der Waals surface area (Å²) in [5, 5.41) is 2.20. The van der Waals surface area contributed by atoms with Crippen LogP contribution in [0.15, 0.2) is 0 Å². The highest BCUT2D eigenvalue weighted by Crippen LogP contribution is 2.10. The van der Waals surface area contributed by atoms with Gasteiger partial charge in [-0.05, 0) is 19.9 Å². The van der Waals surface area contributed by atoms with Crippen LogP contribution in [0.25, 0.3) is 0 Å². The molecule has 16 heavy (non-hydrogen) atoms. The van der Waals surface area contributed by atoms with E-state index in [4.69, 9.17) is 0 Å². The van der Waals surface area contributed by atoms with Crippen LogP contribution < -0.4 is 5.32 Å². The molecule has 2 atom stereocenters. The number of carbonyl (C=O) groups is 1. The minimum Gasteiger partial charge on any atom is -0.340 e. The molecule has 0 aromatic carbocycles. The van der Waals surface area contributed by atoms with Crippen molar-refractivity contribution in [3.05, 3.63) is 0 Å². The van der Waals surface area contributed by atoms with E-state index in [1.165, 1.54) is 6.92 Å². The standard InChI is InChI=1S/C9H18N2O3S.ClH/c1-7(15(3,13)14)9(12)11(2)8-4-5-10-6-8;/h7-8,10H,4-6H2,1-3H3;1H. The molecule has 1 fully saturated rings. The Bertz CT molecular complexity index is 339. The van der Waals surface area contributed by atoms with Gasteiger partial charge in [-0.15, -0.1) is 12.4 Å². The van der Waals surface area contributed by atoms with E-state index in [-0.39, 0.29) is 24.4 Å². The third-order valence-corrected chi connectivity index (χ3v) is 4.41. The van der Waals surface area contributed by atoms with Crippen LogP contribution in [0.1, 0.15) is 13.3 Å². The largest absolute Gasteiger partial charge is 0.340 e. The number of nitrogens with one attached hydrogen (secondary N) is 1. The van der Waals surface area contributed by atoms with E-state index >= 15 is 0 Å². The second kappa shape index (κ2) is 5.84. The zero-order chi connectivity index (χ0) is 11.6. The van der Waals surface area contributed by atoms with Gasteiger partial charge in [-0.1, -0.05) is 0 Å². The molecule has 2 unspecified atom stereocenters. The first kappa shape index (κ1) is 15.7. The van der Waals surface area contributed by atoms with Crippen LogP contribution in [0.3, 0.4) is 0 Å². The molecule has 0 aromatic heterocycles. The highest BCUT2D eigenvalue weighted by molar-refractivity contribution is 7.92. The molecule has 7 heteroatoms. The SMILES string of the molecule is CC(C(=O)N(C)C1CCNC1)S(C)(=O)=O.Cl. The van der Waals surface area contributed by atoms with E-state index in [9.17, 15) is 13.2 Å². The maximum absolute atomic E-state index is 11.8. The maximum atomic E-state index is 11.8. The van der Waals surface area contributed by atoms with Gasteiger partial charge in [0.2, 0.25) is 5.91 Å². The normalized spacial score (nSPS) is 22.3.